The van der Waals surface area contributed by atoms with Crippen LogP contribution in [0.2, 0.25) is 0 Å². The van der Waals surface area contributed by atoms with Gasteiger partial charge in [0.1, 0.15) is 16.0 Å². The molecule has 0 fully saturated rings. The molecule has 0 aliphatic rings. The Balaban J connectivity index is 1.77. The minimum atomic E-state index is -0.193. The van der Waals surface area contributed by atoms with E-state index in [1.807, 2.05) is 46.3 Å². The number of nitrogens with one attached hydrogen (secondary N) is 1. The summed E-state index contributed by atoms with van der Waals surface area (Å²) in [6.07, 6.45) is 5.28. The van der Waals surface area contributed by atoms with Gasteiger partial charge < -0.3 is 9.72 Å². The molecule has 5 aromatic heterocycles. The van der Waals surface area contributed by atoms with Crippen LogP contribution in [0.3, 0.4) is 0 Å². The summed E-state index contributed by atoms with van der Waals surface area (Å²) in [6, 6.07) is 9.39. The Bertz CT molecular complexity index is 1340. The fourth-order valence-corrected chi connectivity index (χ4v) is 3.97. The quantitative estimate of drug-likeness (QED) is 0.523. The highest BCUT2D eigenvalue weighted by Crippen LogP contribution is 2.31. The lowest BCUT2D eigenvalue weighted by Gasteiger charge is -2.05. The van der Waals surface area contributed by atoms with Gasteiger partial charge in [0.05, 0.1) is 24.5 Å². The monoisotopic (exact) mass is 375 g/mol. The Hall–Kier alpha value is -3.52. The number of ether oxygens (including phenoxy) is 1. The van der Waals surface area contributed by atoms with Crippen molar-refractivity contribution in [1.82, 2.24) is 24.3 Å². The van der Waals surface area contributed by atoms with Crippen molar-refractivity contribution in [3.8, 4) is 28.7 Å². The van der Waals surface area contributed by atoms with Gasteiger partial charge in [-0.15, -0.1) is 11.3 Å². The van der Waals surface area contributed by atoms with Crippen molar-refractivity contribution >= 4 is 27.1 Å². The number of methoxy groups -OCH3 is 1. The minimum absolute atomic E-state index is 0.193. The molecule has 0 aliphatic carbocycles. The van der Waals surface area contributed by atoms with Crippen LogP contribution in [0.5, 0.6) is 5.75 Å². The first-order valence-electron chi connectivity index (χ1n) is 8.19. The van der Waals surface area contributed by atoms with Crippen molar-refractivity contribution < 1.29 is 4.74 Å². The van der Waals surface area contributed by atoms with Gasteiger partial charge >= 0.3 is 0 Å². The normalized spacial score (nSPS) is 11.3. The van der Waals surface area contributed by atoms with Crippen LogP contribution in [0.15, 0.2) is 59.1 Å². The zero-order valence-corrected chi connectivity index (χ0v) is 15.0. The van der Waals surface area contributed by atoms with Crippen LogP contribution in [0, 0.1) is 0 Å². The number of fused-ring (bicyclic) bond motifs is 2. The maximum absolute atomic E-state index is 12.6. The number of hydrogen-bond donors (Lipinski definition) is 1. The molecule has 0 aliphatic heterocycles. The Labute approximate surface area is 157 Å². The average molecular weight is 375 g/mol. The van der Waals surface area contributed by atoms with E-state index >= 15 is 0 Å². The highest BCUT2D eigenvalue weighted by Gasteiger charge is 2.17. The van der Waals surface area contributed by atoms with Gasteiger partial charge in [-0.3, -0.25) is 14.2 Å². The number of rotatable bonds is 3. The van der Waals surface area contributed by atoms with E-state index in [4.69, 9.17) is 9.72 Å². The van der Waals surface area contributed by atoms with Crippen LogP contribution in [0.4, 0.5) is 0 Å². The number of thiophene rings is 1. The van der Waals surface area contributed by atoms with Gasteiger partial charge in [-0.1, -0.05) is 6.07 Å². The molecular formula is C19H13N5O2S. The van der Waals surface area contributed by atoms with Gasteiger partial charge in [-0.05, 0) is 24.3 Å². The lowest BCUT2D eigenvalue weighted by atomic mass is 10.2. The number of pyridine rings is 2. The first-order valence-corrected chi connectivity index (χ1v) is 9.07. The molecule has 5 heterocycles. The smallest absolute Gasteiger partial charge is 0.269 e. The third-order valence-electron chi connectivity index (χ3n) is 4.33. The van der Waals surface area contributed by atoms with Gasteiger partial charge in [0.25, 0.3) is 5.56 Å². The molecule has 5 rings (SSSR count). The summed E-state index contributed by atoms with van der Waals surface area (Å²) in [5.41, 5.74) is 2.84. The zero-order chi connectivity index (χ0) is 18.4. The lowest BCUT2D eigenvalue weighted by Crippen LogP contribution is -2.09. The molecule has 0 saturated heterocycles. The van der Waals surface area contributed by atoms with Gasteiger partial charge in [-0.25, -0.2) is 9.97 Å². The van der Waals surface area contributed by atoms with Crippen molar-refractivity contribution in [1.29, 1.82) is 0 Å². The largest absolute Gasteiger partial charge is 0.494 e. The Kier molecular flexibility index (Phi) is 3.51. The van der Waals surface area contributed by atoms with Crippen LogP contribution < -0.4 is 10.3 Å². The van der Waals surface area contributed by atoms with Crippen LogP contribution in [-0.2, 0) is 0 Å². The van der Waals surface area contributed by atoms with Crippen molar-refractivity contribution in [3.05, 3.63) is 64.7 Å². The molecule has 0 unspecified atom stereocenters. The second kappa shape index (κ2) is 6.03. The number of nitrogens with zero attached hydrogens (tertiary/aromatic N) is 4. The van der Waals surface area contributed by atoms with E-state index in [1.54, 1.807) is 19.5 Å². The van der Waals surface area contributed by atoms with E-state index in [1.165, 1.54) is 11.3 Å². The summed E-state index contributed by atoms with van der Waals surface area (Å²) >= 11 is 1.36. The molecule has 132 valence electrons. The molecule has 0 aromatic carbocycles. The van der Waals surface area contributed by atoms with E-state index in [9.17, 15) is 4.79 Å². The molecular weight excluding hydrogens is 362 g/mol. The Morgan fingerprint density at radius 3 is 2.93 bits per heavy atom. The number of imidazole rings is 1. The Morgan fingerprint density at radius 2 is 2.11 bits per heavy atom. The molecule has 0 radical (unpaired) electrons. The molecule has 5 aromatic rings. The van der Waals surface area contributed by atoms with E-state index < -0.39 is 0 Å². The molecule has 0 amide bonds. The van der Waals surface area contributed by atoms with Crippen LogP contribution in [-0.4, -0.2) is 31.4 Å². The molecule has 0 atom stereocenters. The fourth-order valence-electron chi connectivity index (χ4n) is 3.08. The number of aromatic amines is 1. The maximum atomic E-state index is 12.6. The summed E-state index contributed by atoms with van der Waals surface area (Å²) in [4.78, 5) is 29.0. The molecule has 27 heavy (non-hydrogen) atoms. The summed E-state index contributed by atoms with van der Waals surface area (Å²) < 4.78 is 7.79. The van der Waals surface area contributed by atoms with Crippen LogP contribution >= 0.6 is 11.3 Å². The van der Waals surface area contributed by atoms with E-state index in [0.29, 0.717) is 27.6 Å². The molecule has 0 bridgehead atoms. The lowest BCUT2D eigenvalue weighted by molar-refractivity contribution is 0.418. The van der Waals surface area contributed by atoms with Gasteiger partial charge in [0, 0.05) is 23.3 Å². The van der Waals surface area contributed by atoms with Gasteiger partial charge in [0.2, 0.25) is 0 Å². The van der Waals surface area contributed by atoms with Gasteiger partial charge in [0.15, 0.2) is 11.6 Å². The standard InChI is InChI=1S/C19H13N5O2S/c1-26-14-6-4-8-24-13(14)9-21-18(24)17-22-15-11(12-5-2-3-7-20-12)10-27-16(15)19(25)23-17/h2-10H,1H3,(H,22,23,25). The second-order valence-corrected chi connectivity index (χ2v) is 6.75. The molecule has 7 nitrogen and oxygen atoms in total. The summed E-state index contributed by atoms with van der Waals surface area (Å²) in [6.45, 7) is 0. The average Bonchev–Trinajstić information content (AvgIpc) is 3.33. The summed E-state index contributed by atoms with van der Waals surface area (Å²) in [5.74, 6) is 1.64. The van der Waals surface area contributed by atoms with Crippen molar-refractivity contribution in [2.24, 2.45) is 0 Å². The summed E-state index contributed by atoms with van der Waals surface area (Å²) in [7, 11) is 1.61. The second-order valence-electron chi connectivity index (χ2n) is 5.87. The van der Waals surface area contributed by atoms with E-state index in [2.05, 4.69) is 15.0 Å². The molecule has 0 saturated carbocycles. The third-order valence-corrected chi connectivity index (χ3v) is 5.30. The SMILES string of the molecule is COc1cccn2c(-c3nc4c(-c5ccccn5)csc4c(=O)[nH]3)ncc12. The predicted molar refractivity (Wildman–Crippen MR) is 104 cm³/mol. The molecule has 1 N–H and O–H groups in total. The third kappa shape index (κ3) is 2.42. The molecule has 8 heteroatoms. The van der Waals surface area contributed by atoms with Crippen molar-refractivity contribution in [3.63, 3.8) is 0 Å². The highest BCUT2D eigenvalue weighted by atomic mass is 32.1. The van der Waals surface area contributed by atoms with E-state index in [0.717, 1.165) is 16.8 Å². The number of aromatic nitrogens is 5. The zero-order valence-electron chi connectivity index (χ0n) is 14.2. The summed E-state index contributed by atoms with van der Waals surface area (Å²) in [5, 5.41) is 1.91. The van der Waals surface area contributed by atoms with Crippen LogP contribution in [0.1, 0.15) is 0 Å². The van der Waals surface area contributed by atoms with Crippen molar-refractivity contribution in [2.75, 3.05) is 7.11 Å². The highest BCUT2D eigenvalue weighted by molar-refractivity contribution is 7.17. The Morgan fingerprint density at radius 1 is 1.19 bits per heavy atom. The maximum Gasteiger partial charge on any atom is 0.269 e. The first kappa shape index (κ1) is 15.7. The number of H-pyrrole nitrogens is 1. The number of hydrogen-bond acceptors (Lipinski definition) is 6. The molecule has 0 spiro atoms. The first-order chi connectivity index (χ1) is 13.3. The predicted octanol–water partition coefficient (Wildman–Crippen LogP) is 3.37. The van der Waals surface area contributed by atoms with Crippen LogP contribution in [0.25, 0.3) is 38.6 Å². The van der Waals surface area contributed by atoms with Gasteiger partial charge in [-0.2, -0.15) is 0 Å². The fraction of sp³-hybridized carbons (Fsp3) is 0.0526. The van der Waals surface area contributed by atoms with Crippen molar-refractivity contribution in [2.45, 2.75) is 0 Å². The minimum Gasteiger partial charge on any atom is -0.494 e. The topological polar surface area (TPSA) is 85.2 Å². The van der Waals surface area contributed by atoms with E-state index in [-0.39, 0.29) is 5.56 Å².